The summed E-state index contributed by atoms with van der Waals surface area (Å²) in [5.74, 6) is 0.919. The summed E-state index contributed by atoms with van der Waals surface area (Å²) in [4.78, 5) is 16.9. The Bertz CT molecular complexity index is 526. The van der Waals surface area contributed by atoms with Gasteiger partial charge in [-0.2, -0.15) is 0 Å². The smallest absolute Gasteiger partial charge is 0.321 e. The number of amides is 2. The fraction of sp³-hybridized carbons (Fsp3) is 0.864. The van der Waals surface area contributed by atoms with E-state index in [-0.39, 0.29) is 6.03 Å². The number of allylic oxidation sites excluding steroid dienone is 2. The highest BCUT2D eigenvalue weighted by Crippen LogP contribution is 2.47. The van der Waals surface area contributed by atoms with Gasteiger partial charge in [-0.3, -0.25) is 4.90 Å². The Morgan fingerprint density at radius 1 is 0.962 bits per heavy atom. The van der Waals surface area contributed by atoms with E-state index in [4.69, 9.17) is 0 Å². The van der Waals surface area contributed by atoms with E-state index in [1.54, 1.807) is 0 Å². The summed E-state index contributed by atoms with van der Waals surface area (Å²) in [7, 11) is 0. The maximum atomic E-state index is 13.1. The van der Waals surface area contributed by atoms with E-state index in [1.165, 1.54) is 94.1 Å². The normalized spacial score (nSPS) is 29.9. The largest absolute Gasteiger partial charge is 0.338 e. The van der Waals surface area contributed by atoms with Gasteiger partial charge in [0.1, 0.15) is 0 Å². The topological polar surface area (TPSA) is 32.3 Å². The number of nitrogens with one attached hydrogen (secondary N) is 1. The molecule has 0 radical (unpaired) electrons. The number of thioether (sulfide) groups is 1. The van der Waals surface area contributed by atoms with Crippen LogP contribution >= 0.6 is 11.8 Å². The molecule has 4 aliphatic rings. The third kappa shape index (κ3) is 4.26. The van der Waals surface area contributed by atoms with E-state index >= 15 is 0 Å². The molecule has 0 aromatic rings. The minimum Gasteiger partial charge on any atom is -0.338 e. The summed E-state index contributed by atoms with van der Waals surface area (Å²) in [6.45, 7) is 0.860. The monoisotopic (exact) mass is 376 g/mol. The summed E-state index contributed by atoms with van der Waals surface area (Å²) in [5, 5.41) is 3.95. The summed E-state index contributed by atoms with van der Waals surface area (Å²) in [6.07, 6.45) is 19.5. The van der Waals surface area contributed by atoms with Crippen molar-refractivity contribution in [2.45, 2.75) is 108 Å². The van der Waals surface area contributed by atoms with Crippen LogP contribution in [0.5, 0.6) is 0 Å². The molecule has 2 amide bonds. The van der Waals surface area contributed by atoms with Crippen molar-refractivity contribution in [3.63, 3.8) is 0 Å². The quantitative estimate of drug-likeness (QED) is 0.592. The molecule has 1 N–H and O–H groups in total. The van der Waals surface area contributed by atoms with Crippen LogP contribution in [0, 0.1) is 5.92 Å². The maximum absolute atomic E-state index is 13.1. The van der Waals surface area contributed by atoms with E-state index in [1.807, 2.05) is 0 Å². The number of carbonyl (C=O) groups excluding carboxylic acids is 1. The van der Waals surface area contributed by atoms with Gasteiger partial charge in [-0.1, -0.05) is 44.9 Å². The highest BCUT2D eigenvalue weighted by molar-refractivity contribution is 8.03. The standard InChI is InChI=1S/C22H36N2OS/c25-22(23-16-8-11-17-9-2-1-3-10-17)24-18-12-4-6-14-20(18)26-21-15-7-5-13-19(21)24/h17-18,20H,1-16H2,(H,23,25). The van der Waals surface area contributed by atoms with Crippen LogP contribution in [0.25, 0.3) is 0 Å². The van der Waals surface area contributed by atoms with Crippen molar-refractivity contribution in [1.82, 2.24) is 10.2 Å². The van der Waals surface area contributed by atoms with E-state index in [2.05, 4.69) is 22.0 Å². The molecule has 4 rings (SSSR count). The van der Waals surface area contributed by atoms with Gasteiger partial charge in [0.25, 0.3) is 0 Å². The molecular weight excluding hydrogens is 340 g/mol. The van der Waals surface area contributed by atoms with Crippen molar-refractivity contribution in [2.75, 3.05) is 6.54 Å². The summed E-state index contributed by atoms with van der Waals surface area (Å²) < 4.78 is 0. The first kappa shape index (κ1) is 18.7. The fourth-order valence-corrected chi connectivity index (χ4v) is 7.22. The van der Waals surface area contributed by atoms with Gasteiger partial charge in [0.15, 0.2) is 0 Å². The van der Waals surface area contributed by atoms with Crippen LogP contribution in [0.15, 0.2) is 10.6 Å². The Morgan fingerprint density at radius 2 is 1.73 bits per heavy atom. The highest BCUT2D eigenvalue weighted by Gasteiger charge is 2.41. The lowest BCUT2D eigenvalue weighted by Gasteiger charge is -2.46. The van der Waals surface area contributed by atoms with Gasteiger partial charge in [-0.15, -0.1) is 11.8 Å². The first-order valence-electron chi connectivity index (χ1n) is 11.3. The fourth-order valence-electron chi connectivity index (χ4n) is 5.56. The number of hydrogen-bond donors (Lipinski definition) is 1. The predicted molar refractivity (Wildman–Crippen MR) is 110 cm³/mol. The Morgan fingerprint density at radius 3 is 2.62 bits per heavy atom. The molecule has 1 aliphatic heterocycles. The zero-order valence-electron chi connectivity index (χ0n) is 16.3. The number of hydrogen-bond acceptors (Lipinski definition) is 2. The van der Waals surface area contributed by atoms with Gasteiger partial charge in [0.05, 0.1) is 6.04 Å². The second-order valence-corrected chi connectivity index (χ2v) is 10.2. The molecule has 3 aliphatic carbocycles. The third-order valence-corrected chi connectivity index (χ3v) is 8.56. The van der Waals surface area contributed by atoms with Crippen molar-refractivity contribution >= 4 is 17.8 Å². The van der Waals surface area contributed by atoms with Gasteiger partial charge in [-0.05, 0) is 57.3 Å². The van der Waals surface area contributed by atoms with Crippen molar-refractivity contribution in [3.05, 3.63) is 10.6 Å². The number of nitrogens with zero attached hydrogens (tertiary/aromatic N) is 1. The van der Waals surface area contributed by atoms with Gasteiger partial charge in [0.2, 0.25) is 0 Å². The summed E-state index contributed by atoms with van der Waals surface area (Å²) >= 11 is 2.13. The van der Waals surface area contributed by atoms with Crippen molar-refractivity contribution in [2.24, 2.45) is 5.92 Å². The summed E-state index contributed by atoms with van der Waals surface area (Å²) in [6, 6.07) is 0.657. The van der Waals surface area contributed by atoms with Crippen LogP contribution in [0.2, 0.25) is 0 Å². The zero-order chi connectivity index (χ0) is 17.8. The van der Waals surface area contributed by atoms with Crippen molar-refractivity contribution in [1.29, 1.82) is 0 Å². The van der Waals surface area contributed by atoms with Crippen LogP contribution in [0.3, 0.4) is 0 Å². The van der Waals surface area contributed by atoms with E-state index in [0.717, 1.165) is 25.3 Å². The van der Waals surface area contributed by atoms with Crippen LogP contribution < -0.4 is 5.32 Å². The minimum atomic E-state index is 0.209. The molecule has 3 nitrogen and oxygen atoms in total. The Labute approximate surface area is 163 Å². The molecule has 2 atom stereocenters. The van der Waals surface area contributed by atoms with Crippen molar-refractivity contribution in [3.8, 4) is 0 Å². The molecule has 0 aromatic carbocycles. The van der Waals surface area contributed by atoms with Crippen LogP contribution in [-0.4, -0.2) is 28.8 Å². The van der Waals surface area contributed by atoms with Gasteiger partial charge < -0.3 is 5.32 Å². The van der Waals surface area contributed by atoms with Gasteiger partial charge >= 0.3 is 6.03 Å². The minimum absolute atomic E-state index is 0.209. The molecule has 0 bridgehead atoms. The highest BCUT2D eigenvalue weighted by atomic mass is 32.2. The molecule has 1 heterocycles. The Balaban J connectivity index is 1.34. The summed E-state index contributed by atoms with van der Waals surface area (Å²) in [5.41, 5.74) is 1.38. The lowest BCUT2D eigenvalue weighted by Crippen LogP contribution is -2.53. The average Bonchev–Trinajstić information content (AvgIpc) is 2.70. The van der Waals surface area contributed by atoms with Gasteiger partial charge in [0, 0.05) is 22.4 Å². The maximum Gasteiger partial charge on any atom is 0.321 e. The molecule has 4 heteroatoms. The SMILES string of the molecule is O=C(NCCCC1CCCCC1)N1C2=C(CCCC2)SC2CCCCC21. The number of rotatable bonds is 4. The van der Waals surface area contributed by atoms with E-state index in [9.17, 15) is 4.79 Å². The zero-order valence-corrected chi connectivity index (χ0v) is 17.1. The molecule has 0 saturated heterocycles. The first-order valence-corrected chi connectivity index (χ1v) is 12.2. The number of urea groups is 1. The molecule has 2 unspecified atom stereocenters. The molecule has 146 valence electrons. The van der Waals surface area contributed by atoms with E-state index in [0.29, 0.717) is 11.3 Å². The third-order valence-electron chi connectivity index (χ3n) is 6.98. The molecule has 2 fully saturated rings. The van der Waals surface area contributed by atoms with Crippen LogP contribution in [0.4, 0.5) is 4.79 Å². The predicted octanol–water partition coefficient (Wildman–Crippen LogP) is 6.20. The molecule has 0 spiro atoms. The molecular formula is C22H36N2OS. The van der Waals surface area contributed by atoms with Crippen LogP contribution in [-0.2, 0) is 0 Å². The second kappa shape index (κ2) is 9.03. The first-order chi connectivity index (χ1) is 12.8. The lowest BCUT2D eigenvalue weighted by atomic mass is 9.86. The average molecular weight is 377 g/mol. The lowest BCUT2D eigenvalue weighted by molar-refractivity contribution is 0.173. The number of carbonyl (C=O) groups is 1. The van der Waals surface area contributed by atoms with E-state index < -0.39 is 0 Å². The molecule has 26 heavy (non-hydrogen) atoms. The second-order valence-electron chi connectivity index (χ2n) is 8.83. The van der Waals surface area contributed by atoms with Gasteiger partial charge in [-0.25, -0.2) is 4.79 Å². The van der Waals surface area contributed by atoms with Crippen LogP contribution in [0.1, 0.15) is 96.3 Å². The van der Waals surface area contributed by atoms with Crippen molar-refractivity contribution < 1.29 is 4.79 Å². The molecule has 2 saturated carbocycles. The number of fused-ring (bicyclic) bond motifs is 1. The Kier molecular flexibility index (Phi) is 6.50. The molecule has 0 aromatic heterocycles. The Hall–Kier alpha value is -0.640.